The van der Waals surface area contributed by atoms with Crippen LogP contribution in [0.2, 0.25) is 10.0 Å². The summed E-state index contributed by atoms with van der Waals surface area (Å²) in [7, 11) is 0. The second-order valence-electron chi connectivity index (χ2n) is 5.62. The lowest BCUT2D eigenvalue weighted by Gasteiger charge is -2.15. The summed E-state index contributed by atoms with van der Waals surface area (Å²) in [6.45, 7) is 2.45. The van der Waals surface area contributed by atoms with E-state index in [1.807, 2.05) is 0 Å². The summed E-state index contributed by atoms with van der Waals surface area (Å²) in [5, 5.41) is 3.26. The van der Waals surface area contributed by atoms with Crippen LogP contribution in [0.1, 0.15) is 24.2 Å². The first-order chi connectivity index (χ1) is 12.8. The third-order valence-corrected chi connectivity index (χ3v) is 3.98. The van der Waals surface area contributed by atoms with E-state index in [0.717, 1.165) is 0 Å². The second kappa shape index (κ2) is 9.39. The van der Waals surface area contributed by atoms with Crippen molar-refractivity contribution in [1.82, 2.24) is 0 Å². The van der Waals surface area contributed by atoms with Gasteiger partial charge in [-0.1, -0.05) is 23.2 Å². The molecular weight excluding hydrogens is 393 g/mol. The van der Waals surface area contributed by atoms with Crippen LogP contribution in [-0.2, 0) is 14.3 Å². The van der Waals surface area contributed by atoms with E-state index in [2.05, 4.69) is 5.32 Å². The average molecular weight is 410 g/mol. The molecule has 0 unspecified atom stereocenters. The highest BCUT2D eigenvalue weighted by Gasteiger charge is 2.19. The van der Waals surface area contributed by atoms with Crippen LogP contribution in [0.3, 0.4) is 0 Å². The molecule has 0 aromatic heterocycles. The molecule has 0 bridgehead atoms. The van der Waals surface area contributed by atoms with E-state index < -0.39 is 24.6 Å². The van der Waals surface area contributed by atoms with Crippen molar-refractivity contribution in [2.75, 3.05) is 11.9 Å². The Labute approximate surface area is 166 Å². The maximum atomic E-state index is 12.0. The number of nitrogens with one attached hydrogen (secondary N) is 1. The largest absolute Gasteiger partial charge is 0.477 e. The lowest BCUT2D eigenvalue weighted by Crippen LogP contribution is -2.29. The maximum Gasteiger partial charge on any atom is 0.347 e. The molecule has 0 spiro atoms. The summed E-state index contributed by atoms with van der Waals surface area (Å²) >= 11 is 11.8. The van der Waals surface area contributed by atoms with Crippen molar-refractivity contribution < 1.29 is 23.9 Å². The Kier molecular flexibility index (Phi) is 7.21. The van der Waals surface area contributed by atoms with Gasteiger partial charge in [-0.05, 0) is 56.3 Å². The van der Waals surface area contributed by atoms with Gasteiger partial charge < -0.3 is 14.8 Å². The van der Waals surface area contributed by atoms with E-state index >= 15 is 0 Å². The number of ketones is 1. The van der Waals surface area contributed by atoms with Crippen LogP contribution >= 0.6 is 23.2 Å². The van der Waals surface area contributed by atoms with E-state index in [1.165, 1.54) is 26.0 Å². The van der Waals surface area contributed by atoms with E-state index in [0.29, 0.717) is 16.3 Å². The Balaban J connectivity index is 1.83. The number of hydrogen-bond acceptors (Lipinski definition) is 5. The molecular formula is C19H17Cl2NO5. The average Bonchev–Trinajstić information content (AvgIpc) is 2.62. The van der Waals surface area contributed by atoms with Gasteiger partial charge in [0.2, 0.25) is 0 Å². The van der Waals surface area contributed by atoms with Crippen molar-refractivity contribution in [3.8, 4) is 5.75 Å². The quantitative estimate of drug-likeness (QED) is 0.548. The molecule has 2 rings (SSSR count). The zero-order valence-electron chi connectivity index (χ0n) is 14.6. The molecule has 142 valence electrons. The Bertz CT molecular complexity index is 852. The normalized spacial score (nSPS) is 11.4. The molecule has 0 aliphatic rings. The monoisotopic (exact) mass is 409 g/mol. The van der Waals surface area contributed by atoms with Crippen LogP contribution in [-0.4, -0.2) is 30.4 Å². The molecule has 6 nitrogen and oxygen atoms in total. The first-order valence-electron chi connectivity index (χ1n) is 7.95. The van der Waals surface area contributed by atoms with E-state index in [4.69, 9.17) is 32.7 Å². The predicted octanol–water partition coefficient (Wildman–Crippen LogP) is 4.15. The lowest BCUT2D eigenvalue weighted by molar-refractivity contribution is -0.153. The van der Waals surface area contributed by atoms with Crippen LogP contribution < -0.4 is 10.1 Å². The highest BCUT2D eigenvalue weighted by Crippen LogP contribution is 2.28. The van der Waals surface area contributed by atoms with Crippen LogP contribution in [0.5, 0.6) is 5.75 Å². The molecule has 1 N–H and O–H groups in total. The minimum atomic E-state index is -0.966. The molecule has 0 saturated carbocycles. The Morgan fingerprint density at radius 1 is 1.07 bits per heavy atom. The maximum absolute atomic E-state index is 12.0. The van der Waals surface area contributed by atoms with E-state index in [9.17, 15) is 14.4 Å². The summed E-state index contributed by atoms with van der Waals surface area (Å²) in [6, 6.07) is 11.0. The first-order valence-corrected chi connectivity index (χ1v) is 8.71. The van der Waals surface area contributed by atoms with Crippen LogP contribution in [0.25, 0.3) is 0 Å². The van der Waals surface area contributed by atoms with Gasteiger partial charge in [0.25, 0.3) is 5.91 Å². The summed E-state index contributed by atoms with van der Waals surface area (Å²) in [5.74, 6) is -1.03. The fourth-order valence-electron chi connectivity index (χ4n) is 2.05. The number of anilines is 1. The lowest BCUT2D eigenvalue weighted by atomic mass is 10.1. The summed E-state index contributed by atoms with van der Waals surface area (Å²) in [6.07, 6.45) is -0.966. The van der Waals surface area contributed by atoms with Gasteiger partial charge >= 0.3 is 5.97 Å². The number of carbonyl (C=O) groups excluding carboxylic acids is 3. The van der Waals surface area contributed by atoms with Crippen LogP contribution in [0.4, 0.5) is 5.69 Å². The van der Waals surface area contributed by atoms with Gasteiger partial charge in [-0.15, -0.1) is 0 Å². The second-order valence-corrected chi connectivity index (χ2v) is 6.47. The van der Waals surface area contributed by atoms with Crippen molar-refractivity contribution >= 4 is 46.5 Å². The summed E-state index contributed by atoms with van der Waals surface area (Å²) in [5.41, 5.74) is 1.02. The topological polar surface area (TPSA) is 81.7 Å². The molecule has 0 radical (unpaired) electrons. The number of benzene rings is 2. The molecule has 0 aliphatic carbocycles. The zero-order chi connectivity index (χ0) is 20.0. The van der Waals surface area contributed by atoms with Crippen LogP contribution in [0, 0.1) is 0 Å². The summed E-state index contributed by atoms with van der Waals surface area (Å²) < 4.78 is 10.4. The molecule has 2 aromatic carbocycles. The molecule has 1 atom stereocenters. The smallest absolute Gasteiger partial charge is 0.347 e. The number of esters is 1. The van der Waals surface area contributed by atoms with Gasteiger partial charge in [0, 0.05) is 16.3 Å². The number of amides is 1. The number of hydrogen-bond donors (Lipinski definition) is 1. The molecule has 27 heavy (non-hydrogen) atoms. The van der Waals surface area contributed by atoms with E-state index in [1.54, 1.807) is 30.3 Å². The molecule has 8 heteroatoms. The van der Waals surface area contributed by atoms with E-state index in [-0.39, 0.29) is 16.6 Å². The fraction of sp³-hybridized carbons (Fsp3) is 0.211. The Morgan fingerprint density at radius 2 is 1.74 bits per heavy atom. The predicted molar refractivity (Wildman–Crippen MR) is 103 cm³/mol. The number of carbonyl (C=O) groups is 3. The highest BCUT2D eigenvalue weighted by molar-refractivity contribution is 6.35. The van der Waals surface area contributed by atoms with Gasteiger partial charge in [-0.25, -0.2) is 4.79 Å². The van der Waals surface area contributed by atoms with Crippen molar-refractivity contribution in [3.05, 3.63) is 58.1 Å². The van der Waals surface area contributed by atoms with Crippen molar-refractivity contribution in [2.45, 2.75) is 20.0 Å². The standard InChI is InChI=1S/C19H17Cl2NO5/c1-11(23)13-3-6-15(7-4-13)22-18(24)10-26-19(25)12(2)27-17-8-5-14(20)9-16(17)21/h3-9,12H,10H2,1-2H3,(H,22,24)/t12-/m0/s1. The minimum absolute atomic E-state index is 0.0726. The fourth-order valence-corrected chi connectivity index (χ4v) is 2.50. The SMILES string of the molecule is CC(=O)c1ccc(NC(=O)COC(=O)[C@H](C)Oc2ccc(Cl)cc2Cl)cc1. The summed E-state index contributed by atoms with van der Waals surface area (Å²) in [4.78, 5) is 35.1. The van der Waals surface area contributed by atoms with Gasteiger partial charge in [0.1, 0.15) is 5.75 Å². The van der Waals surface area contributed by atoms with Crippen molar-refractivity contribution in [1.29, 1.82) is 0 Å². The minimum Gasteiger partial charge on any atom is -0.477 e. The van der Waals surface area contributed by atoms with Gasteiger partial charge in [0.15, 0.2) is 18.5 Å². The van der Waals surface area contributed by atoms with Crippen molar-refractivity contribution in [2.24, 2.45) is 0 Å². The van der Waals surface area contributed by atoms with Crippen molar-refractivity contribution in [3.63, 3.8) is 0 Å². The Hall–Kier alpha value is -2.57. The first kappa shape index (κ1) is 20.7. The zero-order valence-corrected chi connectivity index (χ0v) is 16.1. The number of ether oxygens (including phenoxy) is 2. The Morgan fingerprint density at radius 3 is 2.33 bits per heavy atom. The molecule has 2 aromatic rings. The van der Waals surface area contributed by atoms with Gasteiger partial charge in [0.05, 0.1) is 5.02 Å². The number of Topliss-reactive ketones (excluding diaryl/α,β-unsaturated/α-hetero) is 1. The highest BCUT2D eigenvalue weighted by atomic mass is 35.5. The third kappa shape index (κ3) is 6.27. The van der Waals surface area contributed by atoms with Crippen LogP contribution in [0.15, 0.2) is 42.5 Å². The molecule has 0 saturated heterocycles. The third-order valence-electron chi connectivity index (χ3n) is 3.45. The number of halogens is 2. The van der Waals surface area contributed by atoms with Gasteiger partial charge in [-0.3, -0.25) is 9.59 Å². The molecule has 0 fully saturated rings. The molecule has 1 amide bonds. The molecule has 0 heterocycles. The van der Waals surface area contributed by atoms with Gasteiger partial charge in [-0.2, -0.15) is 0 Å². The number of rotatable bonds is 7. The molecule has 0 aliphatic heterocycles.